The van der Waals surface area contributed by atoms with Crippen molar-refractivity contribution in [2.45, 2.75) is 46.1 Å². The minimum Gasteiger partial charge on any atom is -0.496 e. The zero-order chi connectivity index (χ0) is 24.3. The Bertz CT molecular complexity index is 900. The first-order valence-corrected chi connectivity index (χ1v) is 12.3. The predicted octanol–water partition coefficient (Wildman–Crippen LogP) is 4.85. The van der Waals surface area contributed by atoms with Crippen molar-refractivity contribution >= 4 is 5.91 Å². The molecule has 1 heterocycles. The number of para-hydroxylation sites is 1. The van der Waals surface area contributed by atoms with E-state index >= 15 is 0 Å². The van der Waals surface area contributed by atoms with Gasteiger partial charge >= 0.3 is 0 Å². The van der Waals surface area contributed by atoms with Gasteiger partial charge in [-0.15, -0.1) is 0 Å². The molecule has 34 heavy (non-hydrogen) atoms. The topological polar surface area (TPSA) is 69.3 Å². The van der Waals surface area contributed by atoms with Crippen LogP contribution in [0, 0.1) is 0 Å². The maximum Gasteiger partial charge on any atom is 0.251 e. The second kappa shape index (κ2) is 13.1. The standard InChI is InChI=1S/C27H38N2O5/c1-5-32-24-17-20(18-25(33-6-2)26(24)34-7-3)27(30)28-19-22(29-15-11-8-12-16-29)21-13-9-10-14-23(21)31-4/h9-10,13-14,17-18,22H,5-8,11-12,15-16,19H2,1-4H3,(H,28,30). The molecule has 7 nitrogen and oxygen atoms in total. The summed E-state index contributed by atoms with van der Waals surface area (Å²) in [6.45, 7) is 9.59. The summed E-state index contributed by atoms with van der Waals surface area (Å²) in [5, 5.41) is 3.15. The molecule has 0 bridgehead atoms. The molecule has 0 saturated carbocycles. The summed E-state index contributed by atoms with van der Waals surface area (Å²) < 4.78 is 23.0. The minimum atomic E-state index is -0.179. The molecule has 1 aliphatic heterocycles. The van der Waals surface area contributed by atoms with E-state index in [1.165, 1.54) is 6.42 Å². The van der Waals surface area contributed by atoms with Crippen LogP contribution in [0.4, 0.5) is 0 Å². The number of likely N-dealkylation sites (tertiary alicyclic amines) is 1. The number of nitrogens with zero attached hydrogens (tertiary/aromatic N) is 1. The van der Waals surface area contributed by atoms with E-state index in [4.69, 9.17) is 18.9 Å². The van der Waals surface area contributed by atoms with E-state index in [0.29, 0.717) is 49.2 Å². The van der Waals surface area contributed by atoms with Gasteiger partial charge in [-0.25, -0.2) is 0 Å². The van der Waals surface area contributed by atoms with Gasteiger partial charge in [-0.3, -0.25) is 9.69 Å². The van der Waals surface area contributed by atoms with Crippen LogP contribution in [0.1, 0.15) is 62.0 Å². The molecule has 186 valence electrons. The molecular formula is C27H38N2O5. The Kier molecular flexibility index (Phi) is 9.89. The maximum absolute atomic E-state index is 13.3. The Balaban J connectivity index is 1.86. The molecule has 1 aliphatic rings. The van der Waals surface area contributed by atoms with Gasteiger partial charge in [-0.1, -0.05) is 24.6 Å². The first kappa shape index (κ1) is 25.7. The number of nitrogens with one attached hydrogen (secondary N) is 1. The normalized spacial score (nSPS) is 14.8. The van der Waals surface area contributed by atoms with Gasteiger partial charge < -0.3 is 24.3 Å². The van der Waals surface area contributed by atoms with Crippen LogP contribution in [0.25, 0.3) is 0 Å². The van der Waals surface area contributed by atoms with Gasteiger partial charge in [0.05, 0.1) is 33.0 Å². The molecule has 1 unspecified atom stereocenters. The van der Waals surface area contributed by atoms with E-state index in [1.54, 1.807) is 19.2 Å². The third-order valence-electron chi connectivity index (χ3n) is 5.96. The molecule has 2 aromatic carbocycles. The molecule has 0 aromatic heterocycles. The Morgan fingerprint density at radius 3 is 2.12 bits per heavy atom. The fraction of sp³-hybridized carbons (Fsp3) is 0.519. The molecule has 0 aliphatic carbocycles. The second-order valence-electron chi connectivity index (χ2n) is 8.17. The number of methoxy groups -OCH3 is 1. The Morgan fingerprint density at radius 2 is 1.53 bits per heavy atom. The highest BCUT2D eigenvalue weighted by Crippen LogP contribution is 2.39. The molecule has 1 atom stereocenters. The van der Waals surface area contributed by atoms with Crippen molar-refractivity contribution in [1.82, 2.24) is 10.2 Å². The molecule has 2 aromatic rings. The lowest BCUT2D eigenvalue weighted by Crippen LogP contribution is -2.40. The van der Waals surface area contributed by atoms with E-state index in [-0.39, 0.29) is 11.9 Å². The lowest BCUT2D eigenvalue weighted by molar-refractivity contribution is 0.0922. The molecule has 1 saturated heterocycles. The molecule has 0 radical (unpaired) electrons. The van der Waals surface area contributed by atoms with Crippen LogP contribution in [0.5, 0.6) is 23.0 Å². The van der Waals surface area contributed by atoms with Crippen molar-refractivity contribution < 1.29 is 23.7 Å². The summed E-state index contributed by atoms with van der Waals surface area (Å²) in [7, 11) is 1.69. The summed E-state index contributed by atoms with van der Waals surface area (Å²) in [6.07, 6.45) is 3.57. The Hall–Kier alpha value is -2.93. The minimum absolute atomic E-state index is 0.0285. The van der Waals surface area contributed by atoms with Gasteiger partial charge in [-0.2, -0.15) is 0 Å². The van der Waals surface area contributed by atoms with E-state index in [9.17, 15) is 4.79 Å². The molecule has 3 rings (SSSR count). The maximum atomic E-state index is 13.3. The summed E-state index contributed by atoms with van der Waals surface area (Å²) in [5.41, 5.74) is 1.57. The molecule has 1 fully saturated rings. The summed E-state index contributed by atoms with van der Waals surface area (Å²) in [4.78, 5) is 15.7. The average Bonchev–Trinajstić information content (AvgIpc) is 2.87. The molecule has 1 N–H and O–H groups in total. The number of carbonyl (C=O) groups is 1. The highest BCUT2D eigenvalue weighted by molar-refractivity contribution is 5.95. The Morgan fingerprint density at radius 1 is 0.912 bits per heavy atom. The van der Waals surface area contributed by atoms with Crippen LogP contribution in [-0.4, -0.2) is 57.4 Å². The fourth-order valence-corrected chi connectivity index (χ4v) is 4.42. The van der Waals surface area contributed by atoms with Gasteiger partial charge in [0, 0.05) is 17.7 Å². The zero-order valence-electron chi connectivity index (χ0n) is 20.9. The third kappa shape index (κ3) is 6.35. The summed E-state index contributed by atoms with van der Waals surface area (Å²) >= 11 is 0. The highest BCUT2D eigenvalue weighted by Gasteiger charge is 2.26. The number of carbonyl (C=O) groups excluding carboxylic acids is 1. The predicted molar refractivity (Wildman–Crippen MR) is 133 cm³/mol. The van der Waals surface area contributed by atoms with Crippen LogP contribution in [0.15, 0.2) is 36.4 Å². The molecule has 0 spiro atoms. The third-order valence-corrected chi connectivity index (χ3v) is 5.96. The van der Waals surface area contributed by atoms with Crippen LogP contribution in [-0.2, 0) is 0 Å². The number of amides is 1. The SMILES string of the molecule is CCOc1cc(C(=O)NCC(c2ccccc2OC)N2CCCCC2)cc(OCC)c1OCC. The Labute approximate surface area is 203 Å². The molecular weight excluding hydrogens is 432 g/mol. The fourth-order valence-electron chi connectivity index (χ4n) is 4.42. The van der Waals surface area contributed by atoms with Crippen molar-refractivity contribution in [2.75, 3.05) is 46.6 Å². The van der Waals surface area contributed by atoms with E-state index in [0.717, 1.165) is 37.2 Å². The van der Waals surface area contributed by atoms with Gasteiger partial charge in [0.2, 0.25) is 5.75 Å². The van der Waals surface area contributed by atoms with E-state index in [1.807, 2.05) is 39.0 Å². The first-order chi connectivity index (χ1) is 16.6. The van der Waals surface area contributed by atoms with Crippen molar-refractivity contribution in [1.29, 1.82) is 0 Å². The monoisotopic (exact) mass is 470 g/mol. The number of hydrogen-bond donors (Lipinski definition) is 1. The van der Waals surface area contributed by atoms with Crippen molar-refractivity contribution in [3.8, 4) is 23.0 Å². The van der Waals surface area contributed by atoms with E-state index < -0.39 is 0 Å². The van der Waals surface area contributed by atoms with Gasteiger partial charge in [-0.05, 0) is 64.9 Å². The van der Waals surface area contributed by atoms with Crippen LogP contribution >= 0.6 is 0 Å². The van der Waals surface area contributed by atoms with Crippen LogP contribution < -0.4 is 24.3 Å². The number of rotatable bonds is 12. The van der Waals surface area contributed by atoms with Gasteiger partial charge in [0.25, 0.3) is 5.91 Å². The zero-order valence-corrected chi connectivity index (χ0v) is 20.9. The van der Waals surface area contributed by atoms with Crippen molar-refractivity contribution in [3.63, 3.8) is 0 Å². The summed E-state index contributed by atoms with van der Waals surface area (Å²) in [6, 6.07) is 11.5. The second-order valence-corrected chi connectivity index (χ2v) is 8.17. The van der Waals surface area contributed by atoms with Crippen molar-refractivity contribution in [2.24, 2.45) is 0 Å². The average molecular weight is 471 g/mol. The largest absolute Gasteiger partial charge is 0.496 e. The number of ether oxygens (including phenoxy) is 4. The first-order valence-electron chi connectivity index (χ1n) is 12.3. The quantitative estimate of drug-likeness (QED) is 0.478. The summed E-state index contributed by atoms with van der Waals surface area (Å²) in [5.74, 6) is 2.21. The highest BCUT2D eigenvalue weighted by atomic mass is 16.5. The number of benzene rings is 2. The van der Waals surface area contributed by atoms with Crippen LogP contribution in [0.3, 0.4) is 0 Å². The number of hydrogen-bond acceptors (Lipinski definition) is 6. The molecule has 1 amide bonds. The smallest absolute Gasteiger partial charge is 0.251 e. The van der Waals surface area contributed by atoms with Crippen molar-refractivity contribution in [3.05, 3.63) is 47.5 Å². The van der Waals surface area contributed by atoms with Crippen LogP contribution in [0.2, 0.25) is 0 Å². The van der Waals surface area contributed by atoms with E-state index in [2.05, 4.69) is 16.3 Å². The molecule has 7 heteroatoms. The number of piperidine rings is 1. The lowest BCUT2D eigenvalue weighted by atomic mass is 10.0. The lowest BCUT2D eigenvalue weighted by Gasteiger charge is -2.35. The van der Waals surface area contributed by atoms with Gasteiger partial charge in [0.15, 0.2) is 11.5 Å². The van der Waals surface area contributed by atoms with Gasteiger partial charge in [0.1, 0.15) is 5.75 Å².